The molecule has 3 amide bonds. The van der Waals surface area contributed by atoms with Gasteiger partial charge >= 0.3 is 0 Å². The van der Waals surface area contributed by atoms with E-state index < -0.39 is 6.04 Å². The zero-order valence-corrected chi connectivity index (χ0v) is 20.9. The minimum atomic E-state index is -0.590. The highest BCUT2D eigenvalue weighted by molar-refractivity contribution is 5.95. The molecule has 1 fully saturated rings. The molecule has 0 aliphatic carbocycles. The van der Waals surface area contributed by atoms with Crippen LogP contribution >= 0.6 is 0 Å². The Morgan fingerprint density at radius 1 is 1.06 bits per heavy atom. The second-order valence-electron chi connectivity index (χ2n) is 9.39. The van der Waals surface area contributed by atoms with Crippen molar-refractivity contribution in [1.29, 1.82) is 0 Å². The highest BCUT2D eigenvalue weighted by atomic mass is 16.2. The third-order valence-corrected chi connectivity index (χ3v) is 6.47. The van der Waals surface area contributed by atoms with Crippen LogP contribution in [0.15, 0.2) is 30.3 Å². The predicted octanol–water partition coefficient (Wildman–Crippen LogP) is 3.31. The molecule has 1 heterocycles. The van der Waals surface area contributed by atoms with Gasteiger partial charge in [-0.1, -0.05) is 82.2 Å². The molecule has 0 aromatic heterocycles. The molecule has 0 saturated carbocycles. The Hall–Kier alpha value is -2.41. The number of nitrogens with two attached hydrogens (primary N) is 1. The Bertz CT molecular complexity index is 741. The number of nitrogens with one attached hydrogen (secondary N) is 2. The molecule has 7 nitrogen and oxygen atoms in total. The number of piperazine rings is 1. The lowest BCUT2D eigenvalue weighted by atomic mass is 9.97. The van der Waals surface area contributed by atoms with E-state index in [9.17, 15) is 14.4 Å². The summed E-state index contributed by atoms with van der Waals surface area (Å²) in [5.74, 6) is -0.316. The van der Waals surface area contributed by atoms with E-state index in [2.05, 4.69) is 17.6 Å². The van der Waals surface area contributed by atoms with Gasteiger partial charge < -0.3 is 21.3 Å². The van der Waals surface area contributed by atoms with Gasteiger partial charge in [0.05, 0.1) is 6.54 Å². The van der Waals surface area contributed by atoms with Gasteiger partial charge in [0.25, 0.3) is 0 Å². The summed E-state index contributed by atoms with van der Waals surface area (Å²) in [5, 5.41) is 5.81. The smallest absolute Gasteiger partial charge is 0.246 e. The van der Waals surface area contributed by atoms with Crippen LogP contribution in [-0.4, -0.2) is 54.3 Å². The number of unbranched alkanes of at least 4 members (excludes halogenated alkanes) is 7. The standard InChI is InChI=1S/C27H44N4O3/c1-2-3-4-5-6-7-11-16-23(20-25(32)29-18-13-12-17-28)31-21-26(33)30-24(27(31)34)19-22-14-9-8-10-15-22/h8-10,14-15,23-24H,2-7,11-13,16-21,28H2,1H3,(H,29,32)(H,30,33). The van der Waals surface area contributed by atoms with E-state index in [1.807, 2.05) is 30.3 Å². The van der Waals surface area contributed by atoms with Gasteiger partial charge in [0.2, 0.25) is 17.7 Å². The fourth-order valence-electron chi connectivity index (χ4n) is 4.52. The number of rotatable bonds is 17. The molecule has 2 unspecified atom stereocenters. The van der Waals surface area contributed by atoms with Crippen LogP contribution in [0.2, 0.25) is 0 Å². The van der Waals surface area contributed by atoms with Crippen LogP contribution in [0.1, 0.15) is 83.1 Å². The summed E-state index contributed by atoms with van der Waals surface area (Å²) >= 11 is 0. The monoisotopic (exact) mass is 472 g/mol. The summed E-state index contributed by atoms with van der Waals surface area (Å²) in [6.07, 6.45) is 11.3. The van der Waals surface area contributed by atoms with Crippen LogP contribution in [0.5, 0.6) is 0 Å². The third-order valence-electron chi connectivity index (χ3n) is 6.47. The van der Waals surface area contributed by atoms with Crippen LogP contribution in [0.3, 0.4) is 0 Å². The first-order chi connectivity index (χ1) is 16.5. The lowest BCUT2D eigenvalue weighted by molar-refractivity contribution is -0.147. The summed E-state index contributed by atoms with van der Waals surface area (Å²) in [7, 11) is 0. The molecule has 1 aliphatic heterocycles. The van der Waals surface area contributed by atoms with Gasteiger partial charge in [-0.2, -0.15) is 0 Å². The first kappa shape index (κ1) is 27.8. The molecular formula is C27H44N4O3. The zero-order chi connectivity index (χ0) is 24.6. The summed E-state index contributed by atoms with van der Waals surface area (Å²) in [4.78, 5) is 40.2. The molecular weight excluding hydrogens is 428 g/mol. The Balaban J connectivity index is 1.99. The fourth-order valence-corrected chi connectivity index (χ4v) is 4.52. The highest BCUT2D eigenvalue weighted by Gasteiger charge is 2.37. The van der Waals surface area contributed by atoms with Crippen molar-refractivity contribution in [2.24, 2.45) is 5.73 Å². The van der Waals surface area contributed by atoms with Crippen molar-refractivity contribution in [1.82, 2.24) is 15.5 Å². The lowest BCUT2D eigenvalue weighted by Gasteiger charge is -2.38. The maximum atomic E-state index is 13.4. The Morgan fingerprint density at radius 3 is 2.47 bits per heavy atom. The van der Waals surface area contributed by atoms with Crippen molar-refractivity contribution < 1.29 is 14.4 Å². The number of nitrogens with zero attached hydrogens (tertiary/aromatic N) is 1. The molecule has 190 valence electrons. The molecule has 7 heteroatoms. The van der Waals surface area contributed by atoms with Gasteiger partial charge in [-0.3, -0.25) is 14.4 Å². The minimum Gasteiger partial charge on any atom is -0.356 e. The maximum Gasteiger partial charge on any atom is 0.246 e. The van der Waals surface area contributed by atoms with Crippen molar-refractivity contribution in [3.8, 4) is 0 Å². The van der Waals surface area contributed by atoms with E-state index in [0.717, 1.165) is 37.7 Å². The quantitative estimate of drug-likeness (QED) is 0.303. The van der Waals surface area contributed by atoms with Gasteiger partial charge in [-0.05, 0) is 31.4 Å². The largest absolute Gasteiger partial charge is 0.356 e. The first-order valence-corrected chi connectivity index (χ1v) is 13.2. The summed E-state index contributed by atoms with van der Waals surface area (Å²) in [6, 6.07) is 8.87. The third kappa shape index (κ3) is 10.2. The summed E-state index contributed by atoms with van der Waals surface area (Å²) in [5.41, 5.74) is 6.54. The Morgan fingerprint density at radius 2 is 1.76 bits per heavy atom. The summed E-state index contributed by atoms with van der Waals surface area (Å²) in [6.45, 7) is 3.43. The van der Waals surface area contributed by atoms with Crippen LogP contribution in [0.25, 0.3) is 0 Å². The van der Waals surface area contributed by atoms with E-state index >= 15 is 0 Å². The Labute approximate surface area is 205 Å². The number of hydrogen-bond acceptors (Lipinski definition) is 4. The topological polar surface area (TPSA) is 105 Å². The maximum absolute atomic E-state index is 13.4. The van der Waals surface area contributed by atoms with Crippen molar-refractivity contribution in [2.45, 2.75) is 96.1 Å². The van der Waals surface area contributed by atoms with E-state index in [-0.39, 0.29) is 36.7 Å². The van der Waals surface area contributed by atoms with Crippen molar-refractivity contribution in [3.05, 3.63) is 35.9 Å². The lowest BCUT2D eigenvalue weighted by Crippen LogP contribution is -2.61. The van der Waals surface area contributed by atoms with Gasteiger partial charge in [0.15, 0.2) is 0 Å². The number of amides is 3. The molecule has 1 saturated heterocycles. The van der Waals surface area contributed by atoms with E-state index in [1.165, 1.54) is 32.1 Å². The molecule has 1 aliphatic rings. The average molecular weight is 473 g/mol. The van der Waals surface area contributed by atoms with Crippen molar-refractivity contribution in [3.63, 3.8) is 0 Å². The molecule has 1 aromatic carbocycles. The molecule has 34 heavy (non-hydrogen) atoms. The van der Waals surface area contributed by atoms with Crippen LogP contribution < -0.4 is 16.4 Å². The molecule has 0 spiro atoms. The molecule has 4 N–H and O–H groups in total. The number of benzene rings is 1. The SMILES string of the molecule is CCCCCCCCCC(CC(=O)NCCCCN)N1CC(=O)NC(Cc2ccccc2)C1=O. The van der Waals surface area contributed by atoms with Crippen LogP contribution in [0.4, 0.5) is 0 Å². The second-order valence-corrected chi connectivity index (χ2v) is 9.39. The van der Waals surface area contributed by atoms with Crippen LogP contribution in [-0.2, 0) is 20.8 Å². The molecule has 2 rings (SSSR count). The fraction of sp³-hybridized carbons (Fsp3) is 0.667. The molecule has 0 radical (unpaired) electrons. The van der Waals surface area contributed by atoms with Crippen LogP contribution in [0, 0.1) is 0 Å². The minimum absolute atomic E-state index is 0.0196. The van der Waals surface area contributed by atoms with Crippen molar-refractivity contribution >= 4 is 17.7 Å². The molecule has 0 bridgehead atoms. The number of carbonyl (C=O) groups is 3. The molecule has 2 atom stereocenters. The number of carbonyl (C=O) groups excluding carboxylic acids is 3. The van der Waals surface area contributed by atoms with Gasteiger partial charge in [-0.15, -0.1) is 0 Å². The zero-order valence-electron chi connectivity index (χ0n) is 20.9. The normalized spacial score (nSPS) is 16.9. The van der Waals surface area contributed by atoms with E-state index in [0.29, 0.717) is 19.5 Å². The van der Waals surface area contributed by atoms with Gasteiger partial charge in [-0.25, -0.2) is 0 Å². The first-order valence-electron chi connectivity index (χ1n) is 13.2. The predicted molar refractivity (Wildman–Crippen MR) is 136 cm³/mol. The second kappa shape index (κ2) is 16.3. The number of hydrogen-bond donors (Lipinski definition) is 3. The van der Waals surface area contributed by atoms with Crippen molar-refractivity contribution in [2.75, 3.05) is 19.6 Å². The highest BCUT2D eigenvalue weighted by Crippen LogP contribution is 2.20. The molecule has 1 aromatic rings. The van der Waals surface area contributed by atoms with Gasteiger partial charge in [0, 0.05) is 25.4 Å². The average Bonchev–Trinajstić information content (AvgIpc) is 2.83. The summed E-state index contributed by atoms with van der Waals surface area (Å²) < 4.78 is 0. The Kier molecular flexibility index (Phi) is 13.3. The van der Waals surface area contributed by atoms with E-state index in [1.54, 1.807) is 4.90 Å². The van der Waals surface area contributed by atoms with E-state index in [4.69, 9.17) is 5.73 Å². The van der Waals surface area contributed by atoms with Gasteiger partial charge in [0.1, 0.15) is 6.04 Å².